The van der Waals surface area contributed by atoms with Crippen LogP contribution in [-0.4, -0.2) is 30.8 Å². The van der Waals surface area contributed by atoms with Gasteiger partial charge in [-0.2, -0.15) is 0 Å². The summed E-state index contributed by atoms with van der Waals surface area (Å²) in [5.74, 6) is -0.452. The van der Waals surface area contributed by atoms with Crippen molar-refractivity contribution >= 4 is 28.7 Å². The van der Waals surface area contributed by atoms with E-state index in [4.69, 9.17) is 4.74 Å². The van der Waals surface area contributed by atoms with Crippen LogP contribution in [0.5, 0.6) is 0 Å². The van der Waals surface area contributed by atoms with Crippen molar-refractivity contribution in [2.24, 2.45) is 0 Å². The first-order valence-corrected chi connectivity index (χ1v) is 7.06. The molecule has 0 aliphatic heterocycles. The van der Waals surface area contributed by atoms with Gasteiger partial charge in [-0.15, -0.1) is 0 Å². The number of esters is 1. The molecule has 0 radical (unpaired) electrons. The Labute approximate surface area is 128 Å². The van der Waals surface area contributed by atoms with Crippen LogP contribution >= 0.6 is 0 Å². The molecule has 0 unspecified atom stereocenters. The molecule has 1 amide bonds. The molecule has 1 aromatic carbocycles. The number of fused-ring (bicyclic) bond motifs is 1. The van der Waals surface area contributed by atoms with Gasteiger partial charge in [-0.25, -0.2) is 9.59 Å². The van der Waals surface area contributed by atoms with Gasteiger partial charge >= 0.3 is 12.1 Å². The summed E-state index contributed by atoms with van der Waals surface area (Å²) in [5.41, 5.74) is 1.66. The van der Waals surface area contributed by atoms with Crippen LogP contribution in [0.3, 0.4) is 0 Å². The maximum atomic E-state index is 11.6. The van der Waals surface area contributed by atoms with E-state index in [1.54, 1.807) is 24.3 Å². The van der Waals surface area contributed by atoms with E-state index in [1.165, 1.54) is 13.3 Å². The lowest BCUT2D eigenvalue weighted by atomic mass is 10.1. The van der Waals surface area contributed by atoms with E-state index in [0.717, 1.165) is 23.7 Å². The average molecular weight is 302 g/mol. The number of nitrogens with zero attached hydrogens (tertiary/aromatic N) is 1. The number of hydrogen-bond donors (Lipinski definition) is 1. The number of ether oxygens (including phenoxy) is 2. The van der Waals surface area contributed by atoms with Crippen molar-refractivity contribution in [3.8, 4) is 0 Å². The number of benzene rings is 1. The number of rotatable bonds is 5. The quantitative estimate of drug-likeness (QED) is 0.677. The Hall–Kier alpha value is -2.63. The highest BCUT2D eigenvalue weighted by Crippen LogP contribution is 2.19. The predicted molar refractivity (Wildman–Crippen MR) is 83.0 cm³/mol. The first-order chi connectivity index (χ1) is 10.6. The molecule has 0 saturated carbocycles. The molecule has 0 aliphatic rings. The number of methoxy groups -OCH3 is 1. The molecule has 0 saturated heterocycles. The van der Waals surface area contributed by atoms with Crippen molar-refractivity contribution in [1.29, 1.82) is 0 Å². The molecule has 0 spiro atoms. The molecule has 0 aliphatic carbocycles. The summed E-state index contributed by atoms with van der Waals surface area (Å²) in [6.07, 6.45) is 2.76. The van der Waals surface area contributed by atoms with Crippen molar-refractivity contribution in [2.75, 3.05) is 19.0 Å². The second-order valence-electron chi connectivity index (χ2n) is 4.74. The Morgan fingerprint density at radius 1 is 1.27 bits per heavy atom. The Morgan fingerprint density at radius 3 is 2.82 bits per heavy atom. The highest BCUT2D eigenvalue weighted by Gasteiger charge is 2.08. The number of carbonyl (C=O) groups excluding carboxylic acids is 2. The first-order valence-electron chi connectivity index (χ1n) is 7.06. The topological polar surface area (TPSA) is 77.5 Å². The summed E-state index contributed by atoms with van der Waals surface area (Å²) >= 11 is 0. The summed E-state index contributed by atoms with van der Waals surface area (Å²) in [5, 5.41) is 3.38. The van der Waals surface area contributed by atoms with Crippen molar-refractivity contribution in [2.45, 2.75) is 19.8 Å². The van der Waals surface area contributed by atoms with Gasteiger partial charge in [0, 0.05) is 17.3 Å². The van der Waals surface area contributed by atoms with Crippen LogP contribution < -0.4 is 5.32 Å². The Bertz CT molecular complexity index is 685. The fourth-order valence-corrected chi connectivity index (χ4v) is 1.90. The Kier molecular flexibility index (Phi) is 5.30. The second kappa shape index (κ2) is 7.40. The zero-order chi connectivity index (χ0) is 15.9. The molecule has 2 aromatic rings. The average Bonchev–Trinajstić information content (AvgIpc) is 2.53. The lowest BCUT2D eigenvalue weighted by molar-refractivity contribution is 0.0600. The largest absolute Gasteiger partial charge is 0.465 e. The number of amides is 1. The zero-order valence-corrected chi connectivity index (χ0v) is 12.6. The van der Waals surface area contributed by atoms with Crippen LogP contribution in [-0.2, 0) is 9.47 Å². The van der Waals surface area contributed by atoms with Crippen molar-refractivity contribution in [3.63, 3.8) is 0 Å². The minimum absolute atomic E-state index is 0.359. The predicted octanol–water partition coefficient (Wildman–Crippen LogP) is 3.37. The minimum atomic E-state index is -0.495. The molecule has 22 heavy (non-hydrogen) atoms. The minimum Gasteiger partial charge on any atom is -0.465 e. The maximum Gasteiger partial charge on any atom is 0.411 e. The third-order valence-electron chi connectivity index (χ3n) is 3.08. The standard InChI is InChI=1S/C16H18N2O4/c1-3-4-7-22-16(20)18-13-5-6-14-11(9-13)8-12(10-17-14)15(19)21-2/h5-6,8-10H,3-4,7H2,1-2H3,(H,18,20). The molecular weight excluding hydrogens is 284 g/mol. The van der Waals surface area contributed by atoms with Gasteiger partial charge in [0.2, 0.25) is 0 Å². The lowest BCUT2D eigenvalue weighted by Crippen LogP contribution is -2.14. The molecule has 0 bridgehead atoms. The maximum absolute atomic E-state index is 11.6. The number of nitrogens with one attached hydrogen (secondary N) is 1. The van der Waals surface area contributed by atoms with E-state index in [2.05, 4.69) is 15.0 Å². The third kappa shape index (κ3) is 3.94. The number of hydrogen-bond acceptors (Lipinski definition) is 5. The van der Waals surface area contributed by atoms with Crippen LogP contribution in [0.4, 0.5) is 10.5 Å². The van der Waals surface area contributed by atoms with Gasteiger partial charge in [0.25, 0.3) is 0 Å². The SMILES string of the molecule is CCCCOC(=O)Nc1ccc2ncc(C(=O)OC)cc2c1. The van der Waals surface area contributed by atoms with Crippen LogP contribution in [0.15, 0.2) is 30.5 Å². The summed E-state index contributed by atoms with van der Waals surface area (Å²) in [6.45, 7) is 2.42. The van der Waals surface area contributed by atoms with Crippen molar-refractivity contribution in [1.82, 2.24) is 4.98 Å². The number of aromatic nitrogens is 1. The van der Waals surface area contributed by atoms with E-state index < -0.39 is 12.1 Å². The summed E-state index contributed by atoms with van der Waals surface area (Å²) < 4.78 is 9.70. The van der Waals surface area contributed by atoms with Crippen molar-refractivity contribution in [3.05, 3.63) is 36.0 Å². The number of anilines is 1. The second-order valence-corrected chi connectivity index (χ2v) is 4.74. The summed E-state index contributed by atoms with van der Waals surface area (Å²) in [4.78, 5) is 27.3. The van der Waals surface area contributed by atoms with Crippen molar-refractivity contribution < 1.29 is 19.1 Å². The molecule has 116 valence electrons. The molecule has 1 heterocycles. The van der Waals surface area contributed by atoms with E-state index in [1.807, 2.05) is 6.92 Å². The van der Waals surface area contributed by atoms with E-state index >= 15 is 0 Å². The van der Waals surface area contributed by atoms with Gasteiger partial charge in [0.05, 0.1) is 24.8 Å². The fraction of sp³-hybridized carbons (Fsp3) is 0.312. The van der Waals surface area contributed by atoms with E-state index in [9.17, 15) is 9.59 Å². The highest BCUT2D eigenvalue weighted by atomic mass is 16.5. The molecule has 0 atom stereocenters. The highest BCUT2D eigenvalue weighted by molar-refractivity contribution is 5.95. The van der Waals surface area contributed by atoms with Gasteiger partial charge in [-0.3, -0.25) is 10.3 Å². The van der Waals surface area contributed by atoms with E-state index in [-0.39, 0.29) is 0 Å². The Balaban J connectivity index is 2.14. The fourth-order valence-electron chi connectivity index (χ4n) is 1.90. The monoisotopic (exact) mass is 302 g/mol. The normalized spacial score (nSPS) is 10.3. The van der Waals surface area contributed by atoms with Gasteiger partial charge in [-0.05, 0) is 30.7 Å². The zero-order valence-electron chi connectivity index (χ0n) is 12.6. The first kappa shape index (κ1) is 15.8. The molecule has 6 nitrogen and oxygen atoms in total. The van der Waals surface area contributed by atoms with Crippen LogP contribution in [0.2, 0.25) is 0 Å². The molecule has 6 heteroatoms. The van der Waals surface area contributed by atoms with Gasteiger partial charge < -0.3 is 9.47 Å². The molecule has 0 fully saturated rings. The van der Waals surface area contributed by atoms with Gasteiger partial charge in [-0.1, -0.05) is 13.3 Å². The molecule has 2 rings (SSSR count). The number of unbranched alkanes of at least 4 members (excludes halogenated alkanes) is 1. The number of pyridine rings is 1. The van der Waals surface area contributed by atoms with Gasteiger partial charge in [0.1, 0.15) is 0 Å². The number of carbonyl (C=O) groups is 2. The molecular formula is C16H18N2O4. The third-order valence-corrected chi connectivity index (χ3v) is 3.08. The van der Waals surface area contributed by atoms with Crippen LogP contribution in [0.1, 0.15) is 30.1 Å². The Morgan fingerprint density at radius 2 is 2.09 bits per heavy atom. The van der Waals surface area contributed by atoms with Gasteiger partial charge in [0.15, 0.2) is 0 Å². The van der Waals surface area contributed by atoms with Crippen LogP contribution in [0.25, 0.3) is 10.9 Å². The molecule has 1 N–H and O–H groups in total. The summed E-state index contributed by atoms with van der Waals surface area (Å²) in [7, 11) is 1.32. The molecule has 1 aromatic heterocycles. The van der Waals surface area contributed by atoms with Crippen LogP contribution in [0, 0.1) is 0 Å². The van der Waals surface area contributed by atoms with E-state index in [0.29, 0.717) is 17.9 Å². The lowest BCUT2D eigenvalue weighted by Gasteiger charge is -2.08. The smallest absolute Gasteiger partial charge is 0.411 e. The summed E-state index contributed by atoms with van der Waals surface area (Å²) in [6, 6.07) is 6.89.